The summed E-state index contributed by atoms with van der Waals surface area (Å²) in [5, 5.41) is 4.15. The molecule has 0 spiro atoms. The summed E-state index contributed by atoms with van der Waals surface area (Å²) in [5.74, 6) is 0. The largest absolute Gasteiger partial charge is 0.444 e. The number of hydrogen-bond donors (Lipinski definition) is 2. The van der Waals surface area contributed by atoms with E-state index in [1.165, 1.54) is 10.9 Å². The van der Waals surface area contributed by atoms with Crippen LogP contribution in [0.2, 0.25) is 0 Å². The fraction of sp³-hybridized carbons (Fsp3) is 0.438. The van der Waals surface area contributed by atoms with Gasteiger partial charge in [-0.15, -0.1) is 0 Å². The van der Waals surface area contributed by atoms with Crippen LogP contribution in [0.25, 0.3) is 10.9 Å². The molecule has 0 aliphatic rings. The third kappa shape index (κ3) is 4.62. The molecule has 1 aromatic carbocycles. The highest BCUT2D eigenvalue weighted by Crippen LogP contribution is 2.19. The van der Waals surface area contributed by atoms with Gasteiger partial charge in [0.15, 0.2) is 0 Å². The molecule has 2 aromatic rings. The molecule has 1 atom stereocenters. The Labute approximate surface area is 138 Å². The van der Waals surface area contributed by atoms with E-state index < -0.39 is 5.60 Å². The number of rotatable bonds is 4. The molecule has 2 rings (SSSR count). The van der Waals surface area contributed by atoms with E-state index in [1.54, 1.807) is 0 Å². The minimum atomic E-state index is -0.472. The van der Waals surface area contributed by atoms with Gasteiger partial charge in [-0.25, -0.2) is 4.79 Å². The number of carbonyl (C=O) groups is 1. The van der Waals surface area contributed by atoms with Crippen LogP contribution in [0.4, 0.5) is 4.79 Å². The molecule has 0 fully saturated rings. The van der Waals surface area contributed by atoms with Crippen LogP contribution in [0.1, 0.15) is 26.3 Å². The second-order valence-corrected chi connectivity index (χ2v) is 6.94. The average molecular weight is 400 g/mol. The van der Waals surface area contributed by atoms with Crippen LogP contribution in [-0.4, -0.2) is 27.1 Å². The van der Waals surface area contributed by atoms with Gasteiger partial charge in [0.1, 0.15) is 5.60 Å². The molecule has 0 aliphatic carbocycles. The van der Waals surface area contributed by atoms with Gasteiger partial charge < -0.3 is 15.0 Å². The predicted molar refractivity (Wildman–Crippen MR) is 94.0 cm³/mol. The van der Waals surface area contributed by atoms with Crippen molar-refractivity contribution < 1.29 is 9.53 Å². The molecule has 0 saturated heterocycles. The standard InChI is InChI=1S/C16H21IN2O2/c1-16(2,3)21-15(20)19-12(9-17)8-11-10-18-14-7-5-4-6-13(11)14/h4-7,10,12,18H,8-9H2,1-3H3,(H,19,20)/t12-/m0/s1. The summed E-state index contributed by atoms with van der Waals surface area (Å²) in [5.41, 5.74) is 1.86. The number of aromatic amines is 1. The van der Waals surface area contributed by atoms with Crippen LogP contribution in [0.15, 0.2) is 30.5 Å². The van der Waals surface area contributed by atoms with Crippen molar-refractivity contribution in [1.29, 1.82) is 0 Å². The molecular weight excluding hydrogens is 379 g/mol. The molecule has 0 radical (unpaired) electrons. The molecular formula is C16H21IN2O2. The number of ether oxygens (including phenoxy) is 1. The van der Waals surface area contributed by atoms with Crippen molar-refractivity contribution in [2.75, 3.05) is 4.43 Å². The van der Waals surface area contributed by atoms with Crippen molar-refractivity contribution in [3.05, 3.63) is 36.0 Å². The Hall–Kier alpha value is -1.24. The number of aromatic nitrogens is 1. The fourth-order valence-electron chi connectivity index (χ4n) is 2.18. The van der Waals surface area contributed by atoms with Gasteiger partial charge in [-0.3, -0.25) is 0 Å². The first kappa shape index (κ1) is 16.1. The topological polar surface area (TPSA) is 54.1 Å². The molecule has 0 bridgehead atoms. The molecule has 0 aliphatic heterocycles. The first-order valence-corrected chi connectivity index (χ1v) is 8.52. The third-order valence-electron chi connectivity index (χ3n) is 3.05. The lowest BCUT2D eigenvalue weighted by atomic mass is 10.1. The van der Waals surface area contributed by atoms with Crippen molar-refractivity contribution in [2.45, 2.75) is 38.8 Å². The lowest BCUT2D eigenvalue weighted by Gasteiger charge is -2.22. The molecule has 114 valence electrons. The summed E-state index contributed by atoms with van der Waals surface area (Å²) in [6.07, 6.45) is 2.44. The number of alkyl halides is 1. The number of alkyl carbamates (subject to hydrolysis) is 1. The zero-order valence-corrected chi connectivity index (χ0v) is 14.7. The van der Waals surface area contributed by atoms with Crippen LogP contribution in [0.3, 0.4) is 0 Å². The SMILES string of the molecule is CC(C)(C)OC(=O)N[C@H](CI)Cc1c[nH]c2ccccc12. The van der Waals surface area contributed by atoms with Crippen molar-refractivity contribution in [3.8, 4) is 0 Å². The van der Waals surface area contributed by atoms with E-state index >= 15 is 0 Å². The van der Waals surface area contributed by atoms with Gasteiger partial charge in [0.25, 0.3) is 0 Å². The Morgan fingerprint density at radius 2 is 2.10 bits per heavy atom. The van der Waals surface area contributed by atoms with Crippen molar-refractivity contribution in [2.24, 2.45) is 0 Å². The molecule has 0 unspecified atom stereocenters. The maximum Gasteiger partial charge on any atom is 0.407 e. The van der Waals surface area contributed by atoms with E-state index in [1.807, 2.05) is 39.1 Å². The average Bonchev–Trinajstić information content (AvgIpc) is 2.79. The number of carbonyl (C=O) groups excluding carboxylic acids is 1. The number of para-hydroxylation sites is 1. The molecule has 5 heteroatoms. The summed E-state index contributed by atoms with van der Waals surface area (Å²) in [7, 11) is 0. The van der Waals surface area contributed by atoms with Gasteiger partial charge in [-0.1, -0.05) is 40.8 Å². The molecule has 1 heterocycles. The minimum absolute atomic E-state index is 0.0552. The maximum atomic E-state index is 11.9. The number of H-pyrrole nitrogens is 1. The van der Waals surface area contributed by atoms with Gasteiger partial charge >= 0.3 is 6.09 Å². The second-order valence-electron chi connectivity index (χ2n) is 6.06. The predicted octanol–water partition coefficient (Wildman–Crippen LogP) is 4.04. The Morgan fingerprint density at radius 1 is 1.38 bits per heavy atom. The fourth-order valence-corrected chi connectivity index (χ4v) is 2.72. The number of amides is 1. The highest BCUT2D eigenvalue weighted by atomic mass is 127. The first-order chi connectivity index (χ1) is 9.89. The van der Waals surface area contributed by atoms with Gasteiger partial charge in [-0.05, 0) is 38.8 Å². The zero-order valence-electron chi connectivity index (χ0n) is 12.6. The lowest BCUT2D eigenvalue weighted by molar-refractivity contribution is 0.0510. The highest BCUT2D eigenvalue weighted by Gasteiger charge is 2.19. The van der Waals surface area contributed by atoms with Crippen molar-refractivity contribution in [3.63, 3.8) is 0 Å². The number of halogens is 1. The van der Waals surface area contributed by atoms with Crippen LogP contribution in [0, 0.1) is 0 Å². The third-order valence-corrected chi connectivity index (χ3v) is 4.11. The summed E-state index contributed by atoms with van der Waals surface area (Å²) >= 11 is 2.29. The lowest BCUT2D eigenvalue weighted by Crippen LogP contribution is -2.41. The monoisotopic (exact) mass is 400 g/mol. The number of benzene rings is 1. The smallest absolute Gasteiger partial charge is 0.407 e. The van der Waals surface area contributed by atoms with Crippen LogP contribution >= 0.6 is 22.6 Å². The zero-order chi connectivity index (χ0) is 15.5. The Balaban J connectivity index is 2.04. The van der Waals surface area contributed by atoms with E-state index in [0.717, 1.165) is 16.4 Å². The van der Waals surface area contributed by atoms with Crippen LogP contribution in [0.5, 0.6) is 0 Å². The molecule has 0 saturated carbocycles. The van der Waals surface area contributed by atoms with E-state index in [0.29, 0.717) is 0 Å². The molecule has 4 nitrogen and oxygen atoms in total. The Morgan fingerprint density at radius 3 is 2.76 bits per heavy atom. The van der Waals surface area contributed by atoms with E-state index in [4.69, 9.17) is 4.74 Å². The quantitative estimate of drug-likeness (QED) is 0.601. The molecule has 21 heavy (non-hydrogen) atoms. The maximum absolute atomic E-state index is 11.9. The summed E-state index contributed by atoms with van der Waals surface area (Å²) in [6.45, 7) is 5.60. The van der Waals surface area contributed by atoms with E-state index in [2.05, 4.69) is 45.0 Å². The number of hydrogen-bond acceptors (Lipinski definition) is 2. The number of nitrogens with one attached hydrogen (secondary N) is 2. The normalized spacial score (nSPS) is 13.1. The Kier molecular flexibility index (Phi) is 5.13. The first-order valence-electron chi connectivity index (χ1n) is 6.99. The molecule has 1 amide bonds. The van der Waals surface area contributed by atoms with Crippen molar-refractivity contribution >= 4 is 39.6 Å². The number of fused-ring (bicyclic) bond motifs is 1. The molecule has 1 aromatic heterocycles. The summed E-state index contributed by atoms with van der Waals surface area (Å²) in [6, 6.07) is 8.25. The molecule has 2 N–H and O–H groups in total. The van der Waals surface area contributed by atoms with Gasteiger partial charge in [-0.2, -0.15) is 0 Å². The van der Waals surface area contributed by atoms with Crippen LogP contribution in [-0.2, 0) is 11.2 Å². The minimum Gasteiger partial charge on any atom is -0.444 e. The van der Waals surface area contributed by atoms with E-state index in [-0.39, 0.29) is 12.1 Å². The van der Waals surface area contributed by atoms with Crippen molar-refractivity contribution in [1.82, 2.24) is 10.3 Å². The van der Waals surface area contributed by atoms with Gasteiger partial charge in [0.2, 0.25) is 0 Å². The Bertz CT molecular complexity index is 616. The van der Waals surface area contributed by atoms with Gasteiger partial charge in [0, 0.05) is 27.6 Å². The second kappa shape index (κ2) is 6.68. The summed E-state index contributed by atoms with van der Waals surface area (Å²) in [4.78, 5) is 15.1. The highest BCUT2D eigenvalue weighted by molar-refractivity contribution is 14.1. The van der Waals surface area contributed by atoms with E-state index in [9.17, 15) is 4.79 Å². The van der Waals surface area contributed by atoms with Gasteiger partial charge in [0.05, 0.1) is 0 Å². The summed E-state index contributed by atoms with van der Waals surface area (Å²) < 4.78 is 6.15. The van der Waals surface area contributed by atoms with Crippen LogP contribution < -0.4 is 5.32 Å².